The van der Waals surface area contributed by atoms with Crippen molar-refractivity contribution in [3.63, 3.8) is 0 Å². The Bertz CT molecular complexity index is 663. The molecule has 6 nitrogen and oxygen atoms in total. The molecule has 1 N–H and O–H groups in total. The molecule has 1 aliphatic rings. The van der Waals surface area contributed by atoms with E-state index in [1.165, 1.54) is 12.5 Å². The van der Waals surface area contributed by atoms with E-state index >= 15 is 0 Å². The maximum Gasteiger partial charge on any atom is 0.331 e. The summed E-state index contributed by atoms with van der Waals surface area (Å²) in [6.45, 7) is 7.96. The molecule has 2 rings (SSSR count). The Morgan fingerprint density at radius 1 is 1.32 bits per heavy atom. The topological polar surface area (TPSA) is 73.2 Å². The largest absolute Gasteiger partial charge is 0.452 e. The summed E-state index contributed by atoms with van der Waals surface area (Å²) in [6, 6.07) is 0.172. The van der Waals surface area contributed by atoms with Crippen molar-refractivity contribution in [2.24, 2.45) is 18.9 Å². The molecule has 0 saturated heterocycles. The second kappa shape index (κ2) is 8.32. The van der Waals surface area contributed by atoms with Gasteiger partial charge in [0, 0.05) is 30.4 Å². The first-order valence-electron chi connectivity index (χ1n) is 8.94. The van der Waals surface area contributed by atoms with Crippen molar-refractivity contribution in [1.29, 1.82) is 0 Å². The van der Waals surface area contributed by atoms with Crippen LogP contribution in [0, 0.1) is 25.7 Å². The fourth-order valence-corrected chi connectivity index (χ4v) is 3.40. The zero-order valence-corrected chi connectivity index (χ0v) is 15.8. The average Bonchev–Trinajstić information content (AvgIpc) is 2.80. The summed E-state index contributed by atoms with van der Waals surface area (Å²) < 4.78 is 6.81. The van der Waals surface area contributed by atoms with Crippen molar-refractivity contribution in [2.45, 2.75) is 53.0 Å². The third-order valence-corrected chi connectivity index (χ3v) is 5.35. The van der Waals surface area contributed by atoms with Gasteiger partial charge >= 0.3 is 5.97 Å². The third kappa shape index (κ3) is 4.94. The fourth-order valence-electron chi connectivity index (χ4n) is 3.40. The monoisotopic (exact) mass is 347 g/mol. The first-order valence-corrected chi connectivity index (χ1v) is 8.94. The van der Waals surface area contributed by atoms with Crippen molar-refractivity contribution < 1.29 is 14.3 Å². The predicted octanol–water partition coefficient (Wildman–Crippen LogP) is 2.53. The van der Waals surface area contributed by atoms with E-state index < -0.39 is 5.97 Å². The molecule has 0 radical (unpaired) electrons. The Kier molecular flexibility index (Phi) is 6.39. The Morgan fingerprint density at radius 2 is 2.04 bits per heavy atom. The van der Waals surface area contributed by atoms with E-state index in [9.17, 15) is 9.59 Å². The van der Waals surface area contributed by atoms with Gasteiger partial charge in [-0.05, 0) is 38.2 Å². The number of amides is 1. The minimum absolute atomic E-state index is 0.172. The van der Waals surface area contributed by atoms with Gasteiger partial charge < -0.3 is 10.1 Å². The molecule has 25 heavy (non-hydrogen) atoms. The van der Waals surface area contributed by atoms with E-state index in [0.29, 0.717) is 11.8 Å². The number of rotatable bonds is 5. The molecule has 0 spiro atoms. The van der Waals surface area contributed by atoms with Crippen LogP contribution in [0.1, 0.15) is 50.1 Å². The number of nitrogens with one attached hydrogen (secondary N) is 1. The summed E-state index contributed by atoms with van der Waals surface area (Å²) in [5, 5.41) is 7.29. The highest BCUT2D eigenvalue weighted by Gasteiger charge is 2.28. The lowest BCUT2D eigenvalue weighted by Crippen LogP contribution is -2.45. The first kappa shape index (κ1) is 19.2. The summed E-state index contributed by atoms with van der Waals surface area (Å²) in [5.74, 6) is 0.296. The van der Waals surface area contributed by atoms with Gasteiger partial charge in [-0.3, -0.25) is 9.48 Å². The maximum atomic E-state index is 12.0. The predicted molar refractivity (Wildman–Crippen MR) is 96.8 cm³/mol. The van der Waals surface area contributed by atoms with Crippen molar-refractivity contribution in [3.8, 4) is 0 Å². The Hall–Kier alpha value is -2.11. The molecule has 0 unspecified atom stereocenters. The highest BCUT2D eigenvalue weighted by molar-refractivity contribution is 5.89. The van der Waals surface area contributed by atoms with Gasteiger partial charge in [-0.2, -0.15) is 5.10 Å². The summed E-state index contributed by atoms with van der Waals surface area (Å²) in [5.41, 5.74) is 2.72. The van der Waals surface area contributed by atoms with Gasteiger partial charge in [-0.25, -0.2) is 4.79 Å². The molecule has 1 aromatic rings. The van der Waals surface area contributed by atoms with Crippen LogP contribution in [-0.4, -0.2) is 34.3 Å². The Labute approximate surface area is 149 Å². The standard InChI is InChI=1S/C19H29N3O3/c1-12-7-6-8-17(13(12)2)20-18(23)11-25-19(24)10-9-16-14(3)21-22(5)15(16)4/h9-10,12-13,17H,6-8,11H2,1-5H3,(H,20,23)/b10-9+/t12-,13-,17-/m0/s1. The number of hydrogen-bond donors (Lipinski definition) is 1. The van der Waals surface area contributed by atoms with Gasteiger partial charge in [0.1, 0.15) is 0 Å². The zero-order valence-electron chi connectivity index (χ0n) is 15.8. The van der Waals surface area contributed by atoms with E-state index in [1.54, 1.807) is 10.8 Å². The molecule has 1 aromatic heterocycles. The van der Waals surface area contributed by atoms with Crippen molar-refractivity contribution >= 4 is 18.0 Å². The molecule has 0 aliphatic heterocycles. The highest BCUT2D eigenvalue weighted by Crippen LogP contribution is 2.29. The van der Waals surface area contributed by atoms with Crippen LogP contribution in [0.3, 0.4) is 0 Å². The smallest absolute Gasteiger partial charge is 0.331 e. The van der Waals surface area contributed by atoms with E-state index in [1.807, 2.05) is 20.9 Å². The molecule has 0 aromatic carbocycles. The molecule has 1 amide bonds. The van der Waals surface area contributed by atoms with Gasteiger partial charge in [0.15, 0.2) is 6.61 Å². The van der Waals surface area contributed by atoms with E-state index in [0.717, 1.165) is 29.8 Å². The van der Waals surface area contributed by atoms with Crippen LogP contribution in [0.25, 0.3) is 6.08 Å². The molecule has 0 bridgehead atoms. The minimum atomic E-state index is -0.525. The van der Waals surface area contributed by atoms with Crippen molar-refractivity contribution in [1.82, 2.24) is 15.1 Å². The first-order chi connectivity index (χ1) is 11.8. The van der Waals surface area contributed by atoms with E-state index in [4.69, 9.17) is 4.74 Å². The van der Waals surface area contributed by atoms with Crippen LogP contribution in [0.2, 0.25) is 0 Å². The summed E-state index contributed by atoms with van der Waals surface area (Å²) in [7, 11) is 1.86. The summed E-state index contributed by atoms with van der Waals surface area (Å²) in [6.07, 6.45) is 6.35. The quantitative estimate of drug-likeness (QED) is 0.656. The van der Waals surface area contributed by atoms with Gasteiger partial charge in [-0.1, -0.05) is 26.7 Å². The molecule has 3 atom stereocenters. The molecule has 1 aliphatic carbocycles. The molecular formula is C19H29N3O3. The Morgan fingerprint density at radius 3 is 2.68 bits per heavy atom. The molecule has 6 heteroatoms. The SMILES string of the molecule is Cc1nn(C)c(C)c1/C=C/C(=O)OCC(=O)N[C@H]1CCC[C@H](C)[C@@H]1C. The number of carbonyl (C=O) groups excluding carboxylic acids is 2. The highest BCUT2D eigenvalue weighted by atomic mass is 16.5. The summed E-state index contributed by atoms with van der Waals surface area (Å²) in [4.78, 5) is 23.9. The number of carbonyl (C=O) groups is 2. The van der Waals surface area contributed by atoms with Gasteiger partial charge in [0.05, 0.1) is 5.69 Å². The second-order valence-electron chi connectivity index (χ2n) is 7.09. The zero-order chi connectivity index (χ0) is 18.6. The van der Waals surface area contributed by atoms with E-state index in [2.05, 4.69) is 24.3 Å². The fraction of sp³-hybridized carbons (Fsp3) is 0.632. The van der Waals surface area contributed by atoms with Crippen LogP contribution in [-0.2, 0) is 21.4 Å². The molecule has 138 valence electrons. The second-order valence-corrected chi connectivity index (χ2v) is 7.09. The lowest BCUT2D eigenvalue weighted by Gasteiger charge is -2.34. The van der Waals surface area contributed by atoms with Crippen LogP contribution >= 0.6 is 0 Å². The lowest BCUT2D eigenvalue weighted by atomic mass is 9.78. The van der Waals surface area contributed by atoms with Crippen LogP contribution < -0.4 is 5.32 Å². The third-order valence-electron chi connectivity index (χ3n) is 5.35. The normalized spacial score (nSPS) is 23.6. The van der Waals surface area contributed by atoms with E-state index in [-0.39, 0.29) is 18.6 Å². The van der Waals surface area contributed by atoms with Gasteiger partial charge in [0.2, 0.25) is 0 Å². The number of nitrogens with zero attached hydrogens (tertiary/aromatic N) is 2. The number of hydrogen-bond acceptors (Lipinski definition) is 4. The molecule has 1 fully saturated rings. The van der Waals surface area contributed by atoms with Gasteiger partial charge in [-0.15, -0.1) is 0 Å². The number of aromatic nitrogens is 2. The number of ether oxygens (including phenoxy) is 1. The van der Waals surface area contributed by atoms with Crippen LogP contribution in [0.4, 0.5) is 0 Å². The van der Waals surface area contributed by atoms with Crippen LogP contribution in [0.15, 0.2) is 6.08 Å². The minimum Gasteiger partial charge on any atom is -0.452 e. The molecule has 1 heterocycles. The molecular weight excluding hydrogens is 318 g/mol. The number of esters is 1. The Balaban J connectivity index is 1.81. The van der Waals surface area contributed by atoms with Gasteiger partial charge in [0.25, 0.3) is 5.91 Å². The van der Waals surface area contributed by atoms with Crippen molar-refractivity contribution in [2.75, 3.05) is 6.61 Å². The lowest BCUT2D eigenvalue weighted by molar-refractivity contribution is -0.144. The average molecular weight is 347 g/mol. The van der Waals surface area contributed by atoms with Crippen LogP contribution in [0.5, 0.6) is 0 Å². The molecule has 1 saturated carbocycles. The number of aryl methyl sites for hydroxylation is 2. The maximum absolute atomic E-state index is 12.0. The summed E-state index contributed by atoms with van der Waals surface area (Å²) >= 11 is 0. The van der Waals surface area contributed by atoms with Crippen molar-refractivity contribution in [3.05, 3.63) is 23.0 Å².